The summed E-state index contributed by atoms with van der Waals surface area (Å²) in [6.45, 7) is 7.91. The molecule has 1 fully saturated rings. The normalized spacial score (nSPS) is 36.8. The third-order valence-corrected chi connectivity index (χ3v) is 4.26. The van der Waals surface area contributed by atoms with Crippen molar-refractivity contribution in [3.63, 3.8) is 0 Å². The van der Waals surface area contributed by atoms with Crippen molar-refractivity contribution in [1.29, 1.82) is 0 Å². The molecule has 2 unspecified atom stereocenters. The first kappa shape index (κ1) is 12.2. The smallest absolute Gasteiger partial charge is 0.225 e. The largest absolute Gasteiger partial charge is 0.359 e. The summed E-state index contributed by atoms with van der Waals surface area (Å²) in [4.78, 5) is 0. The summed E-state index contributed by atoms with van der Waals surface area (Å²) in [7, 11) is 0. The lowest BCUT2D eigenvalue weighted by molar-refractivity contribution is -0.279. The predicted molar refractivity (Wildman–Crippen MR) is 67.9 cm³/mol. The first-order chi connectivity index (χ1) is 8.31. The summed E-state index contributed by atoms with van der Waals surface area (Å²) in [6, 6.07) is 7.89. The highest BCUT2D eigenvalue weighted by atomic mass is 16.8. The minimum Gasteiger partial charge on any atom is -0.359 e. The van der Waals surface area contributed by atoms with E-state index >= 15 is 0 Å². The van der Waals surface area contributed by atoms with Crippen molar-refractivity contribution in [3.05, 3.63) is 35.4 Å². The van der Waals surface area contributed by atoms with Crippen LogP contribution in [-0.4, -0.2) is 16.5 Å². The van der Waals surface area contributed by atoms with Gasteiger partial charge in [-0.25, -0.2) is 0 Å². The molecule has 2 bridgehead atoms. The standard InChI is InChI=1S/C15H20O3/c1-10(2)14-9-11-7-5-6-8-12(11)15(16,18-14)13(3,4)17-14/h5-8,10,16H,9H2,1-4H3. The molecular formula is C15H20O3. The highest BCUT2D eigenvalue weighted by Crippen LogP contribution is 2.56. The lowest BCUT2D eigenvalue weighted by atomic mass is 9.84. The van der Waals surface area contributed by atoms with E-state index in [9.17, 15) is 5.11 Å². The molecule has 0 amide bonds. The topological polar surface area (TPSA) is 38.7 Å². The van der Waals surface area contributed by atoms with Crippen LogP contribution >= 0.6 is 0 Å². The molecule has 1 aromatic rings. The molecule has 1 aromatic carbocycles. The molecule has 1 N–H and O–H groups in total. The maximum absolute atomic E-state index is 11.0. The summed E-state index contributed by atoms with van der Waals surface area (Å²) < 4.78 is 12.1. The number of hydrogen-bond donors (Lipinski definition) is 1. The Labute approximate surface area is 108 Å². The first-order valence-corrected chi connectivity index (χ1v) is 6.52. The fourth-order valence-electron chi connectivity index (χ4n) is 3.06. The van der Waals surface area contributed by atoms with Gasteiger partial charge in [0.2, 0.25) is 5.79 Å². The number of benzene rings is 1. The molecule has 0 spiro atoms. The molecule has 1 saturated heterocycles. The second-order valence-electron chi connectivity index (χ2n) is 6.16. The van der Waals surface area contributed by atoms with Crippen molar-refractivity contribution in [3.8, 4) is 0 Å². The zero-order valence-corrected chi connectivity index (χ0v) is 11.4. The third kappa shape index (κ3) is 1.30. The van der Waals surface area contributed by atoms with Crippen molar-refractivity contribution in [2.24, 2.45) is 5.92 Å². The number of ether oxygens (including phenoxy) is 2. The summed E-state index contributed by atoms with van der Waals surface area (Å²) in [5, 5.41) is 11.0. The van der Waals surface area contributed by atoms with Gasteiger partial charge in [-0.1, -0.05) is 38.1 Å². The number of aliphatic hydroxyl groups is 1. The van der Waals surface area contributed by atoms with Gasteiger partial charge in [0, 0.05) is 17.9 Å². The molecule has 0 radical (unpaired) electrons. The minimum absolute atomic E-state index is 0.180. The van der Waals surface area contributed by atoms with Gasteiger partial charge in [0.25, 0.3) is 0 Å². The molecule has 0 aliphatic carbocycles. The number of hydrogen-bond acceptors (Lipinski definition) is 3. The molecule has 2 heterocycles. The molecule has 3 rings (SSSR count). The van der Waals surface area contributed by atoms with Crippen LogP contribution < -0.4 is 0 Å². The van der Waals surface area contributed by atoms with E-state index in [1.165, 1.54) is 0 Å². The monoisotopic (exact) mass is 248 g/mol. The van der Waals surface area contributed by atoms with Crippen molar-refractivity contribution >= 4 is 0 Å². The zero-order chi connectivity index (χ0) is 13.2. The maximum atomic E-state index is 11.0. The summed E-state index contributed by atoms with van der Waals surface area (Å²) in [6.07, 6.45) is 0.687. The molecule has 2 aliphatic rings. The van der Waals surface area contributed by atoms with Gasteiger partial charge in [0.15, 0.2) is 5.79 Å². The lowest BCUT2D eigenvalue weighted by Crippen LogP contribution is -2.48. The molecule has 3 heteroatoms. The molecule has 0 aromatic heterocycles. The van der Waals surface area contributed by atoms with Crippen molar-refractivity contribution in [2.45, 2.75) is 51.3 Å². The van der Waals surface area contributed by atoms with Crippen LogP contribution in [0.1, 0.15) is 38.8 Å². The Kier molecular flexibility index (Phi) is 2.26. The summed E-state index contributed by atoms with van der Waals surface area (Å²) in [5.41, 5.74) is 1.21. The Morgan fingerprint density at radius 2 is 1.83 bits per heavy atom. The summed E-state index contributed by atoms with van der Waals surface area (Å²) in [5.74, 6) is -1.89. The molecule has 2 aliphatic heterocycles. The van der Waals surface area contributed by atoms with Crippen LogP contribution in [0, 0.1) is 5.92 Å². The van der Waals surface area contributed by atoms with E-state index in [0.717, 1.165) is 11.1 Å². The van der Waals surface area contributed by atoms with Crippen LogP contribution in [0.4, 0.5) is 0 Å². The Hall–Kier alpha value is -0.900. The summed E-state index contributed by atoms with van der Waals surface area (Å²) >= 11 is 0. The van der Waals surface area contributed by atoms with Gasteiger partial charge in [-0.15, -0.1) is 0 Å². The highest BCUT2D eigenvalue weighted by molar-refractivity contribution is 5.38. The molecular weight excluding hydrogens is 228 g/mol. The predicted octanol–water partition coefficient (Wildman–Crippen LogP) is 2.57. The van der Waals surface area contributed by atoms with E-state index in [0.29, 0.717) is 6.42 Å². The lowest BCUT2D eigenvalue weighted by Gasteiger charge is -2.39. The van der Waals surface area contributed by atoms with Gasteiger partial charge in [-0.05, 0) is 19.4 Å². The Morgan fingerprint density at radius 3 is 2.50 bits per heavy atom. The average Bonchev–Trinajstić information content (AvgIpc) is 2.44. The Balaban J connectivity index is 2.23. The van der Waals surface area contributed by atoms with E-state index in [-0.39, 0.29) is 5.92 Å². The Bertz CT molecular complexity index is 494. The van der Waals surface area contributed by atoms with Crippen LogP contribution in [-0.2, 0) is 21.7 Å². The van der Waals surface area contributed by atoms with Gasteiger partial charge >= 0.3 is 0 Å². The van der Waals surface area contributed by atoms with Gasteiger partial charge in [-0.2, -0.15) is 0 Å². The SMILES string of the molecule is CC(C)C12Cc3ccccc3C(O)(O1)C(C)(C)O2. The van der Waals surface area contributed by atoms with Crippen molar-refractivity contribution in [1.82, 2.24) is 0 Å². The first-order valence-electron chi connectivity index (χ1n) is 6.52. The number of rotatable bonds is 1. The van der Waals surface area contributed by atoms with Crippen molar-refractivity contribution in [2.75, 3.05) is 0 Å². The molecule has 98 valence electrons. The Morgan fingerprint density at radius 1 is 1.17 bits per heavy atom. The van der Waals surface area contributed by atoms with Crippen LogP contribution in [0.25, 0.3) is 0 Å². The number of fused-ring (bicyclic) bond motifs is 4. The zero-order valence-electron chi connectivity index (χ0n) is 11.4. The fourth-order valence-corrected chi connectivity index (χ4v) is 3.06. The van der Waals surface area contributed by atoms with Gasteiger partial charge < -0.3 is 14.6 Å². The molecule has 18 heavy (non-hydrogen) atoms. The van der Waals surface area contributed by atoms with E-state index in [2.05, 4.69) is 13.8 Å². The second kappa shape index (κ2) is 3.35. The average molecular weight is 248 g/mol. The highest BCUT2D eigenvalue weighted by Gasteiger charge is 2.66. The van der Waals surface area contributed by atoms with Crippen LogP contribution in [0.3, 0.4) is 0 Å². The maximum Gasteiger partial charge on any atom is 0.225 e. The van der Waals surface area contributed by atoms with Gasteiger partial charge in [0.1, 0.15) is 5.60 Å². The second-order valence-corrected chi connectivity index (χ2v) is 6.16. The van der Waals surface area contributed by atoms with Gasteiger partial charge in [0.05, 0.1) is 0 Å². The molecule has 3 nitrogen and oxygen atoms in total. The minimum atomic E-state index is -1.36. The van der Waals surface area contributed by atoms with Crippen LogP contribution in [0.5, 0.6) is 0 Å². The quantitative estimate of drug-likeness (QED) is 0.830. The van der Waals surface area contributed by atoms with Gasteiger partial charge in [-0.3, -0.25) is 0 Å². The van der Waals surface area contributed by atoms with Crippen LogP contribution in [0.15, 0.2) is 24.3 Å². The van der Waals surface area contributed by atoms with E-state index in [1.54, 1.807) is 0 Å². The van der Waals surface area contributed by atoms with E-state index < -0.39 is 17.2 Å². The van der Waals surface area contributed by atoms with Crippen molar-refractivity contribution < 1.29 is 14.6 Å². The third-order valence-electron chi connectivity index (χ3n) is 4.26. The molecule has 0 saturated carbocycles. The van der Waals surface area contributed by atoms with E-state index in [1.807, 2.05) is 38.1 Å². The fraction of sp³-hybridized carbons (Fsp3) is 0.600. The van der Waals surface area contributed by atoms with E-state index in [4.69, 9.17) is 9.47 Å². The molecule has 2 atom stereocenters. The van der Waals surface area contributed by atoms with Crippen LogP contribution in [0.2, 0.25) is 0 Å².